The third kappa shape index (κ3) is 31.9. The lowest BCUT2D eigenvalue weighted by Crippen LogP contribution is -2.70. The van der Waals surface area contributed by atoms with Gasteiger partial charge >= 0.3 is 0 Å². The number of amides is 2. The van der Waals surface area contributed by atoms with Gasteiger partial charge in [0.05, 0.1) is 58.4 Å². The van der Waals surface area contributed by atoms with Crippen molar-refractivity contribution in [3.05, 3.63) is 12.2 Å². The van der Waals surface area contributed by atoms with Crippen molar-refractivity contribution in [1.29, 1.82) is 0 Å². The average Bonchev–Trinajstić information content (AvgIpc) is 0.771. The third-order valence-corrected chi connectivity index (χ3v) is 22.8. The van der Waals surface area contributed by atoms with Crippen molar-refractivity contribution >= 4 is 11.8 Å². The first kappa shape index (κ1) is 101. The molecule has 2 amide bonds. The van der Waals surface area contributed by atoms with Crippen molar-refractivity contribution in [1.82, 2.24) is 10.6 Å². The summed E-state index contributed by atoms with van der Waals surface area (Å²) in [6.45, 7) is -0.929. The summed E-state index contributed by atoms with van der Waals surface area (Å²) in [5.74, 6) is -1.22. The van der Waals surface area contributed by atoms with E-state index in [1.54, 1.807) is 6.08 Å². The SMILES string of the molecule is CCCCCCCCCCCCC/C=C/[C@@H](O)[C@H](CO[C@@H]1OC(CO)[C@@H](O[C@@H]2OC(CO)[C@H](O[C@@H]3OC(CO)[C@H](O)[C@H](O[C@@H]4OC(CO)[C@H](O)[C@H](O[C@@H]5OC(CO)[C@H](O)[C@H](O[C@H]6OC(CO)[C@H](O)[C@H](O)C6O)C5O)C4NC(C)=O)C3O)[C@H](O)C2O)[C@H](O)C1O)NC(=O)CCCCCCCCCCCCCCCCCCCCCCC. The molecule has 6 rings (SSSR count). The maximum Gasteiger partial charge on any atom is 0.220 e. The molecule has 6 saturated heterocycles. The normalized spacial score (nSPS) is 36.6. The fraction of sp³-hybridized carbons (Fsp3) is 0.950. The topological polar surface area (TPSA) is 553 Å². The van der Waals surface area contributed by atoms with Crippen molar-refractivity contribution in [2.24, 2.45) is 0 Å². The van der Waals surface area contributed by atoms with Gasteiger partial charge in [0.15, 0.2) is 37.7 Å². The maximum atomic E-state index is 13.6. The first-order valence-corrected chi connectivity index (χ1v) is 43.0. The van der Waals surface area contributed by atoms with Gasteiger partial charge in [-0.3, -0.25) is 9.59 Å². The summed E-state index contributed by atoms with van der Waals surface area (Å²) in [7, 11) is 0. The summed E-state index contributed by atoms with van der Waals surface area (Å²) in [5, 5.41) is 216. The molecule has 0 aliphatic carbocycles. The predicted molar refractivity (Wildman–Crippen MR) is 410 cm³/mol. The number of nitrogens with one attached hydrogen (secondary N) is 2. The molecule has 674 valence electrons. The molecule has 6 aliphatic heterocycles. The van der Waals surface area contributed by atoms with Crippen LogP contribution in [0.2, 0.25) is 0 Å². The Hall–Kier alpha value is -2.56. The van der Waals surface area contributed by atoms with Crippen molar-refractivity contribution in [2.75, 3.05) is 46.2 Å². The van der Waals surface area contributed by atoms with Crippen LogP contribution in [0.4, 0.5) is 0 Å². The van der Waals surface area contributed by atoms with Gasteiger partial charge in [0.1, 0.15) is 146 Å². The van der Waals surface area contributed by atoms with Gasteiger partial charge in [-0.25, -0.2) is 0 Å². The molecule has 35 heteroatoms. The Kier molecular flexibility index (Phi) is 48.9. The first-order valence-electron chi connectivity index (χ1n) is 43.0. The van der Waals surface area contributed by atoms with E-state index in [0.717, 1.165) is 58.3 Å². The summed E-state index contributed by atoms with van der Waals surface area (Å²) in [4.78, 5) is 26.5. The fourth-order valence-electron chi connectivity index (χ4n) is 15.7. The Morgan fingerprint density at radius 2 is 0.643 bits per heavy atom. The molecule has 0 aromatic carbocycles. The highest BCUT2D eigenvalue weighted by molar-refractivity contribution is 5.76. The Bertz CT molecular complexity index is 2580. The predicted octanol–water partition coefficient (Wildman–Crippen LogP) is -0.227. The third-order valence-electron chi connectivity index (χ3n) is 22.8. The Balaban J connectivity index is 1.04. The molecule has 6 aliphatic rings. The largest absolute Gasteiger partial charge is 0.394 e. The summed E-state index contributed by atoms with van der Waals surface area (Å²) in [6, 6.07) is -2.89. The molecule has 0 saturated carbocycles. The molecule has 0 aromatic rings. The number of rotatable bonds is 57. The number of allylic oxidation sites excluding steroid dienone is 1. The molecule has 0 spiro atoms. The molecule has 35 nitrogen and oxygen atoms in total. The van der Waals surface area contributed by atoms with Crippen LogP contribution in [0, 0.1) is 0 Å². The van der Waals surface area contributed by atoms with E-state index in [0.29, 0.717) is 12.8 Å². The van der Waals surface area contributed by atoms with Gasteiger partial charge in [0.2, 0.25) is 11.8 Å². The molecule has 0 radical (unpaired) electrons. The quantitative estimate of drug-likeness (QED) is 0.0276. The number of aliphatic hydroxyl groups is 19. The van der Waals surface area contributed by atoms with Crippen molar-refractivity contribution < 1.29 is 163 Å². The molecule has 0 aromatic heterocycles. The minimum atomic E-state index is -2.26. The number of carbonyl (C=O) groups excluding carboxylic acids is 2. The number of hydrogen-bond acceptors (Lipinski definition) is 33. The molecular formula is C80H146N2O33. The number of ether oxygens (including phenoxy) is 12. The van der Waals surface area contributed by atoms with Gasteiger partial charge in [-0.1, -0.05) is 219 Å². The van der Waals surface area contributed by atoms with Crippen molar-refractivity contribution in [3.63, 3.8) is 0 Å². The van der Waals surface area contributed by atoms with Crippen molar-refractivity contribution in [3.8, 4) is 0 Å². The van der Waals surface area contributed by atoms with Gasteiger partial charge in [0.25, 0.3) is 0 Å². The van der Waals surface area contributed by atoms with Crippen LogP contribution in [0.3, 0.4) is 0 Å². The summed E-state index contributed by atoms with van der Waals surface area (Å²) in [5.41, 5.74) is 0. The number of carbonyl (C=O) groups is 2. The lowest BCUT2D eigenvalue weighted by atomic mass is 9.94. The van der Waals surface area contributed by atoms with E-state index < -0.39 is 248 Å². The standard InChI is InChI=1S/C80H146N2O33/c1-4-6-8-10-12-14-16-18-19-20-21-22-23-24-25-27-29-31-33-35-37-39-56(91)82-48(49(90)38-36-34-32-30-28-26-17-15-13-11-9-7-5-2)46-104-76-66(100)63(97)70(54(44-87)109-76)111-78-67(101)64(98)71(55(45-88)110-78)112-79-68(102)73(60(94)52(42-85)107-79)114-75-57(81-47(3)89)72(59(93)51(41-84)105-75)113-80-69(103)74(61(95)53(43-86)108-80)115-77-65(99)62(96)58(92)50(40-83)106-77/h36,38,48-55,57-80,83-88,90,92-103H,4-35,37,39-46H2,1-3H3,(H,81,89)(H,82,91)/b38-36+/t48-,49+,50?,51?,52?,53?,54?,55?,57?,58-,59-,60-,61-,62-,63+,64+,65?,66?,67?,68?,69?,70+,71-,72+,73-,74-,75-,76+,77+,78-,79-,80-/m0/s1. The molecule has 6 fully saturated rings. The van der Waals surface area contributed by atoms with E-state index in [1.807, 2.05) is 6.08 Å². The lowest BCUT2D eigenvalue weighted by Gasteiger charge is -2.50. The van der Waals surface area contributed by atoms with E-state index in [1.165, 1.54) is 148 Å². The minimum Gasteiger partial charge on any atom is -0.394 e. The van der Waals surface area contributed by atoms with Crippen LogP contribution in [0.5, 0.6) is 0 Å². The second kappa shape index (κ2) is 55.5. The average molecular weight is 1660 g/mol. The van der Waals surface area contributed by atoms with Gasteiger partial charge in [0, 0.05) is 13.3 Å². The van der Waals surface area contributed by atoms with Crippen LogP contribution in [-0.4, -0.2) is 351 Å². The molecule has 115 heavy (non-hydrogen) atoms. The van der Waals surface area contributed by atoms with E-state index in [4.69, 9.17) is 56.8 Å². The Morgan fingerprint density at radius 3 is 1.04 bits per heavy atom. The smallest absolute Gasteiger partial charge is 0.220 e. The highest BCUT2D eigenvalue weighted by atomic mass is 16.8. The molecule has 0 bridgehead atoms. The number of unbranched alkanes of at least 4 members (excludes halogenated alkanes) is 31. The van der Waals surface area contributed by atoms with Gasteiger partial charge in [-0.2, -0.15) is 0 Å². The summed E-state index contributed by atoms with van der Waals surface area (Å²) >= 11 is 0. The van der Waals surface area contributed by atoms with Crippen LogP contribution in [0.15, 0.2) is 12.2 Å². The van der Waals surface area contributed by atoms with Crippen LogP contribution >= 0.6 is 0 Å². The summed E-state index contributed by atoms with van der Waals surface area (Å²) < 4.78 is 70.2. The van der Waals surface area contributed by atoms with Crippen LogP contribution in [0.25, 0.3) is 0 Å². The maximum absolute atomic E-state index is 13.6. The lowest BCUT2D eigenvalue weighted by molar-refractivity contribution is -0.391. The van der Waals surface area contributed by atoms with E-state index >= 15 is 0 Å². The molecular weight excluding hydrogens is 1520 g/mol. The van der Waals surface area contributed by atoms with E-state index in [2.05, 4.69) is 24.5 Å². The first-order chi connectivity index (χ1) is 55.4. The van der Waals surface area contributed by atoms with Crippen LogP contribution in [0.1, 0.15) is 239 Å². The van der Waals surface area contributed by atoms with Gasteiger partial charge in [-0.05, 0) is 19.3 Å². The second-order valence-corrected chi connectivity index (χ2v) is 32.0. The Labute approximate surface area is 677 Å². The fourth-order valence-corrected chi connectivity index (χ4v) is 15.7. The zero-order valence-electron chi connectivity index (χ0n) is 67.8. The summed E-state index contributed by atoms with van der Waals surface area (Å²) in [6.07, 6.45) is -14.7. The molecule has 21 N–H and O–H groups in total. The number of aliphatic hydroxyl groups excluding tert-OH is 19. The molecule has 6 heterocycles. The second-order valence-electron chi connectivity index (χ2n) is 32.0. The highest BCUT2D eigenvalue weighted by Gasteiger charge is 2.58. The zero-order valence-corrected chi connectivity index (χ0v) is 67.8. The zero-order chi connectivity index (χ0) is 83.9. The Morgan fingerprint density at radius 1 is 0.339 bits per heavy atom. The molecule has 12 unspecified atom stereocenters. The molecule has 32 atom stereocenters. The van der Waals surface area contributed by atoms with E-state index in [9.17, 15) is 107 Å². The number of hydrogen-bond donors (Lipinski definition) is 21. The van der Waals surface area contributed by atoms with E-state index in [-0.39, 0.29) is 12.3 Å². The monoisotopic (exact) mass is 1660 g/mol. The minimum absolute atomic E-state index is 0.183. The van der Waals surface area contributed by atoms with Gasteiger partial charge < -0.3 is 164 Å². The van der Waals surface area contributed by atoms with Crippen LogP contribution in [-0.2, 0) is 66.4 Å². The van der Waals surface area contributed by atoms with Crippen molar-refractivity contribution in [2.45, 2.75) is 435 Å². The van der Waals surface area contributed by atoms with Crippen LogP contribution < -0.4 is 10.6 Å². The van der Waals surface area contributed by atoms with Gasteiger partial charge in [-0.15, -0.1) is 0 Å². The highest BCUT2D eigenvalue weighted by Crippen LogP contribution is 2.38.